The Hall–Kier alpha value is -1.35. The standard InChI is InChI=1S/C13H16ClN3/c1-4-12-9(2)16-17(10(12)3)8-11-5-6-13(14)15-7-11/h5-7H,4,8H2,1-3H3. The van der Waals surface area contributed by atoms with Gasteiger partial charge in [-0.3, -0.25) is 4.68 Å². The highest BCUT2D eigenvalue weighted by atomic mass is 35.5. The molecular formula is C13H16ClN3. The molecule has 0 saturated carbocycles. The van der Waals surface area contributed by atoms with Gasteiger partial charge in [-0.2, -0.15) is 5.10 Å². The number of hydrogen-bond donors (Lipinski definition) is 0. The molecule has 0 saturated heterocycles. The predicted octanol–water partition coefficient (Wildman–Crippen LogP) is 3.16. The van der Waals surface area contributed by atoms with Crippen LogP contribution in [-0.4, -0.2) is 14.8 Å². The second-order valence-electron chi connectivity index (χ2n) is 4.15. The fourth-order valence-corrected chi connectivity index (χ4v) is 2.18. The van der Waals surface area contributed by atoms with E-state index in [0.29, 0.717) is 5.15 Å². The number of aromatic nitrogens is 3. The van der Waals surface area contributed by atoms with Gasteiger partial charge < -0.3 is 0 Å². The van der Waals surface area contributed by atoms with Crippen LogP contribution in [0.25, 0.3) is 0 Å². The van der Waals surface area contributed by atoms with Crippen LogP contribution in [0.5, 0.6) is 0 Å². The summed E-state index contributed by atoms with van der Waals surface area (Å²) >= 11 is 5.76. The van der Waals surface area contributed by atoms with Crippen molar-refractivity contribution in [2.75, 3.05) is 0 Å². The first kappa shape index (κ1) is 12.1. The minimum Gasteiger partial charge on any atom is -0.265 e. The van der Waals surface area contributed by atoms with Gasteiger partial charge in [0.05, 0.1) is 12.2 Å². The molecule has 0 aromatic carbocycles. The van der Waals surface area contributed by atoms with Crippen LogP contribution in [0.15, 0.2) is 18.3 Å². The molecule has 0 aliphatic heterocycles. The molecule has 0 unspecified atom stereocenters. The second kappa shape index (κ2) is 4.88. The minimum atomic E-state index is 0.524. The van der Waals surface area contributed by atoms with E-state index < -0.39 is 0 Å². The molecule has 2 aromatic rings. The molecule has 0 N–H and O–H groups in total. The molecule has 0 spiro atoms. The first-order chi connectivity index (χ1) is 8.11. The summed E-state index contributed by atoms with van der Waals surface area (Å²) in [6.45, 7) is 7.08. The van der Waals surface area contributed by atoms with Crippen molar-refractivity contribution in [1.82, 2.24) is 14.8 Å². The smallest absolute Gasteiger partial charge is 0.129 e. The normalized spacial score (nSPS) is 10.8. The molecule has 0 fully saturated rings. The van der Waals surface area contributed by atoms with E-state index in [-0.39, 0.29) is 0 Å². The van der Waals surface area contributed by atoms with Crippen LogP contribution in [0.4, 0.5) is 0 Å². The Morgan fingerprint density at radius 3 is 2.59 bits per heavy atom. The van der Waals surface area contributed by atoms with E-state index in [2.05, 4.69) is 30.9 Å². The molecule has 0 radical (unpaired) electrons. The predicted molar refractivity (Wildman–Crippen MR) is 69.4 cm³/mol. The third-order valence-electron chi connectivity index (χ3n) is 3.01. The van der Waals surface area contributed by atoms with Crippen LogP contribution in [0, 0.1) is 13.8 Å². The summed E-state index contributed by atoms with van der Waals surface area (Å²) in [4.78, 5) is 4.08. The zero-order valence-corrected chi connectivity index (χ0v) is 11.1. The first-order valence-electron chi connectivity index (χ1n) is 5.75. The Labute approximate surface area is 106 Å². The van der Waals surface area contributed by atoms with Gasteiger partial charge in [-0.15, -0.1) is 0 Å². The molecule has 0 aliphatic carbocycles. The van der Waals surface area contributed by atoms with Crippen molar-refractivity contribution in [2.45, 2.75) is 33.7 Å². The van der Waals surface area contributed by atoms with Crippen LogP contribution in [0.1, 0.15) is 29.4 Å². The molecule has 2 aromatic heterocycles. The quantitative estimate of drug-likeness (QED) is 0.783. The fraction of sp³-hybridized carbons (Fsp3) is 0.385. The summed E-state index contributed by atoms with van der Waals surface area (Å²) in [5, 5.41) is 5.08. The third-order valence-corrected chi connectivity index (χ3v) is 3.23. The molecule has 2 rings (SSSR count). The van der Waals surface area contributed by atoms with Crippen molar-refractivity contribution < 1.29 is 0 Å². The van der Waals surface area contributed by atoms with E-state index in [1.165, 1.54) is 11.3 Å². The lowest BCUT2D eigenvalue weighted by Crippen LogP contribution is -2.04. The van der Waals surface area contributed by atoms with Crippen LogP contribution in [-0.2, 0) is 13.0 Å². The van der Waals surface area contributed by atoms with Crippen molar-refractivity contribution in [2.24, 2.45) is 0 Å². The molecule has 0 amide bonds. The van der Waals surface area contributed by atoms with Gasteiger partial charge in [-0.1, -0.05) is 24.6 Å². The van der Waals surface area contributed by atoms with E-state index in [4.69, 9.17) is 11.6 Å². The van der Waals surface area contributed by atoms with E-state index in [1.807, 2.05) is 16.8 Å². The number of rotatable bonds is 3. The fourth-order valence-electron chi connectivity index (χ4n) is 2.07. The Balaban J connectivity index is 2.27. The Morgan fingerprint density at radius 1 is 1.29 bits per heavy atom. The maximum absolute atomic E-state index is 5.76. The van der Waals surface area contributed by atoms with E-state index in [0.717, 1.165) is 24.2 Å². The average molecular weight is 250 g/mol. The molecule has 90 valence electrons. The zero-order valence-electron chi connectivity index (χ0n) is 10.4. The van der Waals surface area contributed by atoms with Crippen LogP contribution in [0.2, 0.25) is 5.15 Å². The Bertz CT molecular complexity index is 514. The summed E-state index contributed by atoms with van der Waals surface area (Å²) in [6.07, 6.45) is 2.82. The van der Waals surface area contributed by atoms with Crippen LogP contribution in [0.3, 0.4) is 0 Å². The molecular weight excluding hydrogens is 234 g/mol. The average Bonchev–Trinajstić information content (AvgIpc) is 2.57. The van der Waals surface area contributed by atoms with Gasteiger partial charge in [0.15, 0.2) is 0 Å². The Morgan fingerprint density at radius 2 is 2.06 bits per heavy atom. The highest BCUT2D eigenvalue weighted by Gasteiger charge is 2.09. The van der Waals surface area contributed by atoms with Gasteiger partial charge in [-0.25, -0.2) is 4.98 Å². The monoisotopic (exact) mass is 249 g/mol. The van der Waals surface area contributed by atoms with Crippen LogP contribution < -0.4 is 0 Å². The molecule has 2 heterocycles. The van der Waals surface area contributed by atoms with Crippen molar-refractivity contribution in [3.05, 3.63) is 46.0 Å². The molecule has 0 aliphatic rings. The maximum atomic E-state index is 5.76. The largest absolute Gasteiger partial charge is 0.265 e. The summed E-state index contributed by atoms with van der Waals surface area (Å²) < 4.78 is 2.03. The highest BCUT2D eigenvalue weighted by Crippen LogP contribution is 2.15. The van der Waals surface area contributed by atoms with Gasteiger partial charge in [0.1, 0.15) is 5.15 Å². The summed E-state index contributed by atoms with van der Waals surface area (Å²) in [7, 11) is 0. The van der Waals surface area contributed by atoms with Gasteiger partial charge in [-0.05, 0) is 37.5 Å². The second-order valence-corrected chi connectivity index (χ2v) is 4.54. The van der Waals surface area contributed by atoms with Crippen molar-refractivity contribution >= 4 is 11.6 Å². The molecule has 0 atom stereocenters. The maximum Gasteiger partial charge on any atom is 0.129 e. The number of halogens is 1. The molecule has 17 heavy (non-hydrogen) atoms. The third kappa shape index (κ3) is 2.50. The highest BCUT2D eigenvalue weighted by molar-refractivity contribution is 6.29. The van der Waals surface area contributed by atoms with E-state index >= 15 is 0 Å². The van der Waals surface area contributed by atoms with Gasteiger partial charge in [0.25, 0.3) is 0 Å². The van der Waals surface area contributed by atoms with Crippen molar-refractivity contribution in [1.29, 1.82) is 0 Å². The zero-order chi connectivity index (χ0) is 12.4. The molecule has 4 heteroatoms. The summed E-state index contributed by atoms with van der Waals surface area (Å²) in [5.41, 5.74) is 4.81. The SMILES string of the molecule is CCc1c(C)nn(Cc2ccc(Cl)nc2)c1C. The van der Waals surface area contributed by atoms with Crippen LogP contribution >= 0.6 is 11.6 Å². The lowest BCUT2D eigenvalue weighted by molar-refractivity contribution is 0.656. The van der Waals surface area contributed by atoms with Crippen molar-refractivity contribution in [3.63, 3.8) is 0 Å². The van der Waals surface area contributed by atoms with Gasteiger partial charge in [0, 0.05) is 11.9 Å². The first-order valence-corrected chi connectivity index (χ1v) is 6.13. The van der Waals surface area contributed by atoms with Gasteiger partial charge >= 0.3 is 0 Å². The number of hydrogen-bond acceptors (Lipinski definition) is 2. The lowest BCUT2D eigenvalue weighted by Gasteiger charge is -2.05. The molecule has 3 nitrogen and oxygen atoms in total. The number of pyridine rings is 1. The lowest BCUT2D eigenvalue weighted by atomic mass is 10.1. The van der Waals surface area contributed by atoms with E-state index in [9.17, 15) is 0 Å². The Kier molecular flexibility index (Phi) is 3.48. The van der Waals surface area contributed by atoms with Crippen molar-refractivity contribution in [3.8, 4) is 0 Å². The minimum absolute atomic E-state index is 0.524. The summed E-state index contributed by atoms with van der Waals surface area (Å²) in [6, 6.07) is 3.79. The van der Waals surface area contributed by atoms with Gasteiger partial charge in [0.2, 0.25) is 0 Å². The number of nitrogens with zero attached hydrogens (tertiary/aromatic N) is 3. The molecule has 0 bridgehead atoms. The topological polar surface area (TPSA) is 30.7 Å². The summed E-state index contributed by atoms with van der Waals surface area (Å²) in [5.74, 6) is 0. The number of aryl methyl sites for hydroxylation is 1. The van der Waals surface area contributed by atoms with E-state index in [1.54, 1.807) is 6.20 Å².